The van der Waals surface area contributed by atoms with Crippen molar-refractivity contribution >= 4 is 51.3 Å². The number of fused-ring (bicyclic) bond motifs is 1. The molecule has 4 aromatic rings. The summed E-state index contributed by atoms with van der Waals surface area (Å²) in [5.74, 6) is 0.913. The zero-order valence-corrected chi connectivity index (χ0v) is 18.5. The van der Waals surface area contributed by atoms with E-state index in [4.69, 9.17) is 4.74 Å². The second-order valence-corrected chi connectivity index (χ2v) is 7.87. The maximum atomic E-state index is 13.5. The van der Waals surface area contributed by atoms with Crippen LogP contribution < -0.4 is 10.3 Å². The summed E-state index contributed by atoms with van der Waals surface area (Å²) < 4.78 is 7.88. The second-order valence-electron chi connectivity index (χ2n) is 6.63. The summed E-state index contributed by atoms with van der Waals surface area (Å²) in [7, 11) is 1.54. The van der Waals surface area contributed by atoms with Crippen LogP contribution in [0.2, 0.25) is 0 Å². The summed E-state index contributed by atoms with van der Waals surface area (Å²) in [5.41, 5.74) is 1.51. The van der Waals surface area contributed by atoms with E-state index in [2.05, 4.69) is 27.6 Å². The minimum absolute atomic E-state index is 0.00897. The molecule has 0 saturated carbocycles. The first-order valence-corrected chi connectivity index (χ1v) is 10.3. The standard InChI is InChI=1S/C23H16IN3O4/c1-31-21-8-3-2-7-20(21)26-22(12-9-15-5-4-6-17(13-15)27(29)30)25-19-11-10-16(24)14-18(19)23(26)28/h2-14H,1H3. The molecule has 1 heterocycles. The Balaban J connectivity index is 1.95. The van der Waals surface area contributed by atoms with Crippen molar-refractivity contribution in [3.05, 3.63) is 102 Å². The summed E-state index contributed by atoms with van der Waals surface area (Å²) in [6, 6.07) is 18.9. The fourth-order valence-corrected chi connectivity index (χ4v) is 3.74. The number of rotatable bonds is 5. The number of methoxy groups -OCH3 is 1. The number of halogens is 1. The van der Waals surface area contributed by atoms with Gasteiger partial charge in [-0.15, -0.1) is 0 Å². The van der Waals surface area contributed by atoms with Crippen LogP contribution in [0.1, 0.15) is 11.4 Å². The Kier molecular flexibility index (Phi) is 5.81. The molecule has 4 rings (SSSR count). The SMILES string of the molecule is COc1ccccc1-n1c(C=Cc2cccc([N+](=O)[O-])c2)nc2ccc(I)cc2c1=O. The molecule has 0 fully saturated rings. The summed E-state index contributed by atoms with van der Waals surface area (Å²) in [6.45, 7) is 0. The summed E-state index contributed by atoms with van der Waals surface area (Å²) in [5, 5.41) is 11.6. The molecule has 0 unspecified atom stereocenters. The Morgan fingerprint density at radius 2 is 1.87 bits per heavy atom. The number of nitrogens with zero attached hydrogens (tertiary/aromatic N) is 3. The lowest BCUT2D eigenvalue weighted by molar-refractivity contribution is -0.384. The van der Waals surface area contributed by atoms with E-state index in [1.165, 1.54) is 16.7 Å². The Morgan fingerprint density at radius 1 is 1.06 bits per heavy atom. The number of non-ortho nitro benzene ring substituents is 1. The van der Waals surface area contributed by atoms with Gasteiger partial charge in [0.1, 0.15) is 11.6 Å². The first-order valence-electron chi connectivity index (χ1n) is 9.26. The van der Waals surface area contributed by atoms with E-state index in [-0.39, 0.29) is 11.2 Å². The molecule has 0 radical (unpaired) electrons. The fraction of sp³-hybridized carbons (Fsp3) is 0.0435. The normalized spacial score (nSPS) is 11.2. The summed E-state index contributed by atoms with van der Waals surface area (Å²) in [4.78, 5) is 28.8. The number of ether oxygens (including phenoxy) is 1. The highest BCUT2D eigenvalue weighted by atomic mass is 127. The molecule has 0 amide bonds. The van der Waals surface area contributed by atoms with Crippen LogP contribution in [-0.2, 0) is 0 Å². The minimum atomic E-state index is -0.446. The third-order valence-electron chi connectivity index (χ3n) is 4.69. The molecule has 154 valence electrons. The van der Waals surface area contributed by atoms with Crippen molar-refractivity contribution in [1.29, 1.82) is 0 Å². The highest BCUT2D eigenvalue weighted by molar-refractivity contribution is 14.1. The zero-order chi connectivity index (χ0) is 22.0. The number of hydrogen-bond acceptors (Lipinski definition) is 5. The molecule has 0 N–H and O–H groups in total. The van der Waals surface area contributed by atoms with Crippen LogP contribution >= 0.6 is 22.6 Å². The van der Waals surface area contributed by atoms with Crippen molar-refractivity contribution < 1.29 is 9.66 Å². The number of hydrogen-bond donors (Lipinski definition) is 0. The van der Waals surface area contributed by atoms with Crippen molar-refractivity contribution in [2.24, 2.45) is 0 Å². The van der Waals surface area contributed by atoms with Crippen LogP contribution in [0.25, 0.3) is 28.7 Å². The maximum absolute atomic E-state index is 13.5. The van der Waals surface area contributed by atoms with E-state index < -0.39 is 4.92 Å². The van der Waals surface area contributed by atoms with Crippen molar-refractivity contribution in [3.8, 4) is 11.4 Å². The van der Waals surface area contributed by atoms with Gasteiger partial charge in [0, 0.05) is 15.7 Å². The molecule has 0 aliphatic carbocycles. The highest BCUT2D eigenvalue weighted by Crippen LogP contribution is 2.24. The number of nitro benzene ring substituents is 1. The second kappa shape index (κ2) is 8.68. The van der Waals surface area contributed by atoms with Crippen molar-refractivity contribution in [2.45, 2.75) is 0 Å². The van der Waals surface area contributed by atoms with Gasteiger partial charge in [0.25, 0.3) is 11.2 Å². The largest absolute Gasteiger partial charge is 0.495 e. The van der Waals surface area contributed by atoms with Gasteiger partial charge >= 0.3 is 0 Å². The lowest BCUT2D eigenvalue weighted by Crippen LogP contribution is -2.23. The van der Waals surface area contributed by atoms with Gasteiger partial charge < -0.3 is 4.74 Å². The van der Waals surface area contributed by atoms with Crippen molar-refractivity contribution in [2.75, 3.05) is 7.11 Å². The lowest BCUT2D eigenvalue weighted by Gasteiger charge is -2.14. The molecule has 3 aromatic carbocycles. The van der Waals surface area contributed by atoms with E-state index in [9.17, 15) is 14.9 Å². The van der Waals surface area contributed by atoms with Crippen LogP contribution in [0.5, 0.6) is 5.75 Å². The van der Waals surface area contributed by atoms with E-state index in [1.807, 2.05) is 18.2 Å². The number of nitro groups is 1. The first kappa shape index (κ1) is 20.7. The predicted octanol–water partition coefficient (Wildman–Crippen LogP) is 5.08. The van der Waals surface area contributed by atoms with Gasteiger partial charge in [-0.25, -0.2) is 4.98 Å². The van der Waals surface area contributed by atoms with Crippen LogP contribution in [0.15, 0.2) is 71.5 Å². The molecule has 1 aromatic heterocycles. The third kappa shape index (κ3) is 4.19. The summed E-state index contributed by atoms with van der Waals surface area (Å²) in [6.07, 6.45) is 3.36. The smallest absolute Gasteiger partial charge is 0.270 e. The van der Waals surface area contributed by atoms with Gasteiger partial charge in [-0.2, -0.15) is 0 Å². The zero-order valence-electron chi connectivity index (χ0n) is 16.4. The summed E-state index contributed by atoms with van der Waals surface area (Å²) >= 11 is 2.16. The predicted molar refractivity (Wildman–Crippen MR) is 129 cm³/mol. The average molecular weight is 525 g/mol. The third-order valence-corrected chi connectivity index (χ3v) is 5.36. The number of benzene rings is 3. The van der Waals surface area contributed by atoms with E-state index in [0.717, 1.165) is 3.57 Å². The quantitative estimate of drug-likeness (QED) is 0.206. The van der Waals surface area contributed by atoms with Crippen LogP contribution in [0.4, 0.5) is 5.69 Å². The van der Waals surface area contributed by atoms with Crippen LogP contribution in [0.3, 0.4) is 0 Å². The maximum Gasteiger partial charge on any atom is 0.270 e. The van der Waals surface area contributed by atoms with Gasteiger partial charge in [0.2, 0.25) is 0 Å². The van der Waals surface area contributed by atoms with E-state index in [1.54, 1.807) is 55.7 Å². The molecule has 0 saturated heterocycles. The number of aromatic nitrogens is 2. The molecule has 0 aliphatic rings. The molecule has 0 spiro atoms. The number of para-hydroxylation sites is 2. The molecule has 7 nitrogen and oxygen atoms in total. The van der Waals surface area contributed by atoms with Gasteiger partial charge in [-0.3, -0.25) is 19.5 Å². The molecule has 8 heteroatoms. The van der Waals surface area contributed by atoms with Gasteiger partial charge in [-0.1, -0.05) is 30.3 Å². The average Bonchev–Trinajstić information content (AvgIpc) is 2.78. The van der Waals surface area contributed by atoms with Crippen LogP contribution in [-0.4, -0.2) is 21.6 Å². The highest BCUT2D eigenvalue weighted by Gasteiger charge is 2.15. The molecular weight excluding hydrogens is 509 g/mol. The Morgan fingerprint density at radius 3 is 2.65 bits per heavy atom. The van der Waals surface area contributed by atoms with Crippen molar-refractivity contribution in [3.63, 3.8) is 0 Å². The molecule has 0 atom stereocenters. The minimum Gasteiger partial charge on any atom is -0.495 e. The van der Waals surface area contributed by atoms with Crippen LogP contribution in [0, 0.1) is 13.7 Å². The molecular formula is C23H16IN3O4. The Bertz CT molecular complexity index is 1400. The Labute approximate surface area is 190 Å². The lowest BCUT2D eigenvalue weighted by atomic mass is 10.1. The molecule has 0 aliphatic heterocycles. The van der Waals surface area contributed by atoms with Gasteiger partial charge in [-0.05, 0) is 64.6 Å². The molecule has 0 bridgehead atoms. The molecule has 31 heavy (non-hydrogen) atoms. The fourth-order valence-electron chi connectivity index (χ4n) is 3.25. The van der Waals surface area contributed by atoms with Crippen molar-refractivity contribution in [1.82, 2.24) is 9.55 Å². The Hall–Kier alpha value is -3.53. The van der Waals surface area contributed by atoms with E-state index in [0.29, 0.717) is 33.7 Å². The van der Waals surface area contributed by atoms with Gasteiger partial charge in [0.05, 0.1) is 28.6 Å². The topological polar surface area (TPSA) is 87.3 Å². The first-order chi connectivity index (χ1) is 15.0. The van der Waals surface area contributed by atoms with E-state index >= 15 is 0 Å². The van der Waals surface area contributed by atoms with Gasteiger partial charge in [0.15, 0.2) is 0 Å². The monoisotopic (exact) mass is 525 g/mol.